The zero-order valence-corrected chi connectivity index (χ0v) is 16.9. The van der Waals surface area contributed by atoms with Crippen LogP contribution >= 0.6 is 11.3 Å². The Morgan fingerprint density at radius 2 is 1.97 bits per heavy atom. The van der Waals surface area contributed by atoms with Crippen molar-refractivity contribution in [3.8, 4) is 16.3 Å². The van der Waals surface area contributed by atoms with Gasteiger partial charge in [-0.15, -0.1) is 11.3 Å². The second kappa shape index (κ2) is 10.4. The van der Waals surface area contributed by atoms with Gasteiger partial charge in [0, 0.05) is 10.9 Å². The lowest BCUT2D eigenvalue weighted by Crippen LogP contribution is -2.07. The van der Waals surface area contributed by atoms with E-state index < -0.39 is 5.97 Å². The van der Waals surface area contributed by atoms with Gasteiger partial charge in [-0.1, -0.05) is 54.5 Å². The van der Waals surface area contributed by atoms with Gasteiger partial charge in [0.25, 0.3) is 0 Å². The molecule has 1 heterocycles. The zero-order chi connectivity index (χ0) is 20.5. The quantitative estimate of drug-likeness (QED) is 0.299. The number of carboxylic acid groups (broad SMARTS) is 1. The summed E-state index contributed by atoms with van der Waals surface area (Å²) in [6.45, 7) is 2.60. The minimum atomic E-state index is -0.871. The van der Waals surface area contributed by atoms with Gasteiger partial charge in [0.05, 0.1) is 12.1 Å². The average Bonchev–Trinajstić information content (AvgIpc) is 3.21. The molecule has 0 amide bonds. The highest BCUT2D eigenvalue weighted by molar-refractivity contribution is 7.13. The van der Waals surface area contributed by atoms with Crippen LogP contribution in [-0.2, 0) is 16.1 Å². The molecule has 29 heavy (non-hydrogen) atoms. The summed E-state index contributed by atoms with van der Waals surface area (Å²) in [4.78, 5) is 20.9. The number of benzene rings is 2. The van der Waals surface area contributed by atoms with Crippen molar-refractivity contribution in [1.82, 2.24) is 4.98 Å². The summed E-state index contributed by atoms with van der Waals surface area (Å²) in [5.41, 5.74) is 3.38. The van der Waals surface area contributed by atoms with Gasteiger partial charge in [0.1, 0.15) is 23.1 Å². The Kier molecular flexibility index (Phi) is 7.35. The number of hydrogen-bond donors (Lipinski definition) is 1. The molecule has 0 fully saturated rings. The van der Waals surface area contributed by atoms with Crippen molar-refractivity contribution in [2.75, 3.05) is 13.2 Å². The summed E-state index contributed by atoms with van der Waals surface area (Å²) in [7, 11) is 0. The maximum absolute atomic E-state index is 10.8. The molecule has 0 aliphatic rings. The third kappa shape index (κ3) is 6.15. The fourth-order valence-corrected chi connectivity index (χ4v) is 3.49. The zero-order valence-electron chi connectivity index (χ0n) is 16.1. The first-order valence-electron chi connectivity index (χ1n) is 9.29. The van der Waals surface area contributed by atoms with Gasteiger partial charge in [-0.25, -0.2) is 4.98 Å². The lowest BCUT2D eigenvalue weighted by atomic mass is 10.1. The van der Waals surface area contributed by atoms with Crippen LogP contribution in [0.5, 0.6) is 5.75 Å². The van der Waals surface area contributed by atoms with Crippen LogP contribution in [-0.4, -0.2) is 35.0 Å². The normalized spacial score (nSPS) is 11.3. The van der Waals surface area contributed by atoms with Crippen LogP contribution in [0.1, 0.15) is 24.6 Å². The number of nitrogens with zero attached hydrogens (tertiary/aromatic N) is 2. The molecule has 0 aliphatic heterocycles. The van der Waals surface area contributed by atoms with Crippen molar-refractivity contribution >= 4 is 23.0 Å². The van der Waals surface area contributed by atoms with Gasteiger partial charge >= 0.3 is 5.97 Å². The second-order valence-corrected chi connectivity index (χ2v) is 7.05. The molecular formula is C22H22N2O4S. The highest BCUT2D eigenvalue weighted by atomic mass is 32.1. The minimum Gasteiger partial charge on any atom is -0.490 e. The average molecular weight is 410 g/mol. The van der Waals surface area contributed by atoms with Gasteiger partial charge in [0.2, 0.25) is 0 Å². The molecule has 7 heteroatoms. The first-order valence-corrected chi connectivity index (χ1v) is 10.2. The molecule has 0 spiro atoms. The van der Waals surface area contributed by atoms with Gasteiger partial charge in [-0.3, -0.25) is 4.79 Å². The van der Waals surface area contributed by atoms with Gasteiger partial charge in [-0.05, 0) is 24.1 Å². The van der Waals surface area contributed by atoms with E-state index in [0.29, 0.717) is 24.3 Å². The van der Waals surface area contributed by atoms with Crippen LogP contribution in [0.15, 0.2) is 65.1 Å². The maximum atomic E-state index is 10.8. The van der Waals surface area contributed by atoms with Crippen molar-refractivity contribution in [2.24, 2.45) is 5.16 Å². The van der Waals surface area contributed by atoms with Crippen molar-refractivity contribution in [1.29, 1.82) is 0 Å². The van der Waals surface area contributed by atoms with Crippen molar-refractivity contribution in [2.45, 2.75) is 19.8 Å². The highest BCUT2D eigenvalue weighted by Crippen LogP contribution is 2.24. The van der Waals surface area contributed by atoms with Crippen molar-refractivity contribution < 1.29 is 19.5 Å². The third-order valence-electron chi connectivity index (χ3n) is 4.03. The van der Waals surface area contributed by atoms with E-state index in [2.05, 4.69) is 10.1 Å². The summed E-state index contributed by atoms with van der Waals surface area (Å²) >= 11 is 1.58. The molecule has 6 nitrogen and oxygen atoms in total. The highest BCUT2D eigenvalue weighted by Gasteiger charge is 2.09. The molecule has 0 atom stereocenters. The number of thiazole rings is 1. The number of ether oxygens (including phenoxy) is 1. The van der Waals surface area contributed by atoms with Crippen molar-refractivity contribution in [3.63, 3.8) is 0 Å². The van der Waals surface area contributed by atoms with E-state index >= 15 is 0 Å². The summed E-state index contributed by atoms with van der Waals surface area (Å²) < 4.78 is 5.61. The van der Waals surface area contributed by atoms with E-state index in [1.807, 2.05) is 42.6 Å². The molecule has 3 rings (SSSR count). The summed E-state index contributed by atoms with van der Waals surface area (Å²) in [5.74, 6) is -0.261. The van der Waals surface area contributed by atoms with Crippen LogP contribution in [0.25, 0.3) is 10.6 Å². The molecule has 1 N–H and O–H groups in total. The molecule has 0 radical (unpaired) electrons. The van der Waals surface area contributed by atoms with E-state index in [-0.39, 0.29) is 13.0 Å². The molecule has 150 valence electrons. The number of oxime groups is 1. The van der Waals surface area contributed by atoms with E-state index in [0.717, 1.165) is 22.0 Å². The molecule has 3 aromatic rings. The number of aromatic nitrogens is 1. The monoisotopic (exact) mass is 410 g/mol. The predicted octanol–water partition coefficient (Wildman–Crippen LogP) is 4.65. The summed E-state index contributed by atoms with van der Waals surface area (Å²) in [6.07, 6.45) is 0.673. The molecule has 0 bridgehead atoms. The Bertz CT molecular complexity index is 970. The van der Waals surface area contributed by atoms with Crippen LogP contribution < -0.4 is 4.74 Å². The third-order valence-corrected chi connectivity index (χ3v) is 4.92. The van der Waals surface area contributed by atoms with Crippen LogP contribution in [0.3, 0.4) is 0 Å². The summed E-state index contributed by atoms with van der Waals surface area (Å²) in [5, 5.41) is 16.0. The number of carboxylic acids is 1. The number of aliphatic carboxylic acids is 1. The Morgan fingerprint density at radius 3 is 2.72 bits per heavy atom. The second-order valence-electron chi connectivity index (χ2n) is 6.20. The van der Waals surface area contributed by atoms with E-state index in [9.17, 15) is 4.79 Å². The smallest absolute Gasteiger partial charge is 0.307 e. The molecular weight excluding hydrogens is 388 g/mol. The Morgan fingerprint density at radius 1 is 1.14 bits per heavy atom. The molecule has 2 aromatic carbocycles. The first-order chi connectivity index (χ1) is 14.2. The van der Waals surface area contributed by atoms with Gasteiger partial charge in [0.15, 0.2) is 6.61 Å². The molecule has 0 saturated carbocycles. The van der Waals surface area contributed by atoms with Crippen molar-refractivity contribution in [3.05, 3.63) is 71.2 Å². The first kappa shape index (κ1) is 20.5. The molecule has 1 aromatic heterocycles. The fraction of sp³-hybridized carbons (Fsp3) is 0.227. The Hall–Kier alpha value is -3.19. The fourth-order valence-electron chi connectivity index (χ4n) is 2.65. The SMILES string of the molecule is CCC(=NOCCOc1cccc(CC(=O)O)c1)c1csc(-c2ccccc2)n1. The predicted molar refractivity (Wildman–Crippen MR) is 114 cm³/mol. The van der Waals surface area contributed by atoms with Gasteiger partial charge < -0.3 is 14.7 Å². The number of hydrogen-bond acceptors (Lipinski definition) is 6. The van der Waals surface area contributed by atoms with Crippen LogP contribution in [0, 0.1) is 0 Å². The Balaban J connectivity index is 1.52. The maximum Gasteiger partial charge on any atom is 0.307 e. The van der Waals surface area contributed by atoms with Gasteiger partial charge in [-0.2, -0.15) is 0 Å². The molecule has 0 aliphatic carbocycles. The van der Waals surface area contributed by atoms with E-state index in [1.54, 1.807) is 35.6 Å². The lowest BCUT2D eigenvalue weighted by molar-refractivity contribution is -0.136. The standard InChI is InChI=1S/C22H22N2O4S/c1-2-19(20-15-29-22(23-20)17-8-4-3-5-9-17)24-28-12-11-27-18-10-6-7-16(13-18)14-21(25)26/h3-10,13,15H,2,11-12,14H2,1H3,(H,25,26). The van der Waals surface area contributed by atoms with E-state index in [4.69, 9.17) is 14.7 Å². The Labute approximate surface area is 173 Å². The number of rotatable bonds is 10. The lowest BCUT2D eigenvalue weighted by Gasteiger charge is -2.07. The van der Waals surface area contributed by atoms with E-state index in [1.165, 1.54) is 0 Å². The largest absolute Gasteiger partial charge is 0.490 e. The van der Waals surface area contributed by atoms with Crippen LogP contribution in [0.4, 0.5) is 0 Å². The summed E-state index contributed by atoms with van der Waals surface area (Å²) in [6, 6.07) is 17.1. The van der Waals surface area contributed by atoms with Crippen LogP contribution in [0.2, 0.25) is 0 Å². The molecule has 0 saturated heterocycles. The molecule has 0 unspecified atom stereocenters. The number of carbonyl (C=O) groups is 1. The topological polar surface area (TPSA) is 81.0 Å². The minimum absolute atomic E-state index is 0.0313.